The number of aromatic nitrogens is 2. The summed E-state index contributed by atoms with van der Waals surface area (Å²) < 4.78 is 26.5. The number of nitrogens with one attached hydrogen (secondary N) is 1. The van der Waals surface area contributed by atoms with Gasteiger partial charge in [0.05, 0.1) is 16.7 Å². The second-order valence-electron chi connectivity index (χ2n) is 5.54. The third-order valence-corrected chi connectivity index (χ3v) is 4.96. The van der Waals surface area contributed by atoms with Gasteiger partial charge < -0.3 is 4.98 Å². The molecule has 2 heterocycles. The average Bonchev–Trinajstić information content (AvgIpc) is 3.11. The van der Waals surface area contributed by atoms with Crippen LogP contribution in [0.1, 0.15) is 6.42 Å². The molecule has 0 spiro atoms. The molecule has 1 aromatic heterocycles. The van der Waals surface area contributed by atoms with E-state index in [0.29, 0.717) is 5.16 Å². The van der Waals surface area contributed by atoms with Gasteiger partial charge in [0.1, 0.15) is 5.25 Å². The molecule has 1 atom stereocenters. The van der Waals surface area contributed by atoms with Gasteiger partial charge in [0.25, 0.3) is 0 Å². The van der Waals surface area contributed by atoms with Gasteiger partial charge in [-0.1, -0.05) is 23.9 Å². The second kappa shape index (κ2) is 5.96. The number of thioether (sulfide) groups is 1. The van der Waals surface area contributed by atoms with Crippen LogP contribution in [0.5, 0.6) is 0 Å². The summed E-state index contributed by atoms with van der Waals surface area (Å²) in [4.78, 5) is 33.1. The molecule has 5 nitrogen and oxygen atoms in total. The monoisotopic (exact) mass is 359 g/mol. The first-order chi connectivity index (χ1) is 12.0. The van der Waals surface area contributed by atoms with Crippen LogP contribution >= 0.6 is 11.8 Å². The molecule has 8 heteroatoms. The number of halogens is 2. The summed E-state index contributed by atoms with van der Waals surface area (Å²) in [5, 5.41) is -0.138. The van der Waals surface area contributed by atoms with E-state index in [1.165, 1.54) is 6.07 Å². The van der Waals surface area contributed by atoms with Gasteiger partial charge >= 0.3 is 0 Å². The van der Waals surface area contributed by atoms with E-state index in [1.807, 2.05) is 24.3 Å². The average molecular weight is 359 g/mol. The molecule has 3 aromatic rings. The molecule has 126 valence electrons. The van der Waals surface area contributed by atoms with Crippen LogP contribution < -0.4 is 4.90 Å². The molecule has 1 fully saturated rings. The molecule has 0 saturated carbocycles. The van der Waals surface area contributed by atoms with E-state index in [-0.39, 0.29) is 12.1 Å². The number of fused-ring (bicyclic) bond motifs is 1. The predicted octanol–water partition coefficient (Wildman–Crippen LogP) is 3.27. The van der Waals surface area contributed by atoms with E-state index in [1.54, 1.807) is 0 Å². The number of imide groups is 1. The SMILES string of the molecule is O=C1C[C@@H](Sc2nc3ccccc3[nH]2)C(=O)N1c1ccc(F)c(F)c1. The number of carbonyl (C=O) groups excluding carboxylic acids is 2. The smallest absolute Gasteiger partial charge is 0.247 e. The van der Waals surface area contributed by atoms with Crippen LogP contribution in [0, 0.1) is 11.6 Å². The van der Waals surface area contributed by atoms with E-state index in [4.69, 9.17) is 0 Å². The first-order valence-electron chi connectivity index (χ1n) is 7.46. The number of benzene rings is 2. The largest absolute Gasteiger partial charge is 0.333 e. The van der Waals surface area contributed by atoms with E-state index in [9.17, 15) is 18.4 Å². The van der Waals surface area contributed by atoms with Crippen LogP contribution in [-0.2, 0) is 9.59 Å². The van der Waals surface area contributed by atoms with Crippen molar-refractivity contribution < 1.29 is 18.4 Å². The Bertz CT molecular complexity index is 971. The van der Waals surface area contributed by atoms with Gasteiger partial charge in [-0.05, 0) is 24.3 Å². The van der Waals surface area contributed by atoms with Gasteiger partial charge in [0.15, 0.2) is 16.8 Å². The Morgan fingerprint density at radius 3 is 2.68 bits per heavy atom. The van der Waals surface area contributed by atoms with E-state index in [2.05, 4.69) is 9.97 Å². The zero-order valence-corrected chi connectivity index (χ0v) is 13.5. The van der Waals surface area contributed by atoms with Crippen molar-refractivity contribution in [2.75, 3.05) is 4.90 Å². The summed E-state index contributed by atoms with van der Waals surface area (Å²) in [6.07, 6.45) is -0.0282. The van der Waals surface area contributed by atoms with Crippen LogP contribution in [0.3, 0.4) is 0 Å². The highest BCUT2D eigenvalue weighted by atomic mass is 32.2. The summed E-state index contributed by atoms with van der Waals surface area (Å²) >= 11 is 1.15. The summed E-state index contributed by atoms with van der Waals surface area (Å²) in [5.74, 6) is -3.06. The Labute approximate surface area is 145 Å². The number of imidazole rings is 1. The van der Waals surface area contributed by atoms with Crippen molar-refractivity contribution in [1.29, 1.82) is 0 Å². The minimum atomic E-state index is -1.11. The summed E-state index contributed by atoms with van der Waals surface area (Å²) in [6, 6.07) is 10.4. The van der Waals surface area contributed by atoms with Crippen molar-refractivity contribution in [1.82, 2.24) is 9.97 Å². The molecule has 1 aliphatic heterocycles. The molecule has 0 radical (unpaired) electrons. The zero-order chi connectivity index (χ0) is 17.6. The van der Waals surface area contributed by atoms with Gasteiger partial charge in [-0.15, -0.1) is 0 Å². The number of hydrogen-bond acceptors (Lipinski definition) is 4. The Balaban J connectivity index is 1.59. The lowest BCUT2D eigenvalue weighted by atomic mass is 10.3. The fraction of sp³-hybridized carbons (Fsp3) is 0.118. The van der Waals surface area contributed by atoms with Gasteiger partial charge in [-0.3, -0.25) is 9.59 Å². The molecule has 4 rings (SSSR count). The van der Waals surface area contributed by atoms with Crippen molar-refractivity contribution in [2.24, 2.45) is 0 Å². The van der Waals surface area contributed by atoms with Crippen LogP contribution in [0.2, 0.25) is 0 Å². The van der Waals surface area contributed by atoms with Crippen molar-refractivity contribution in [2.45, 2.75) is 16.8 Å². The standard InChI is InChI=1S/C17H11F2N3O2S/c18-10-6-5-9(7-11(10)19)22-15(23)8-14(16(22)24)25-17-20-12-3-1-2-4-13(12)21-17/h1-7,14H,8H2,(H,20,21)/t14-/m1/s1. The quantitative estimate of drug-likeness (QED) is 0.729. The summed E-state index contributed by atoms with van der Waals surface area (Å²) in [6.45, 7) is 0. The normalized spacial score (nSPS) is 17.7. The van der Waals surface area contributed by atoms with Gasteiger partial charge in [0, 0.05) is 12.5 Å². The number of para-hydroxylation sites is 2. The van der Waals surface area contributed by atoms with Gasteiger partial charge in [-0.2, -0.15) is 0 Å². The molecule has 0 aliphatic carbocycles. The predicted molar refractivity (Wildman–Crippen MR) is 89.2 cm³/mol. The number of nitrogens with zero attached hydrogens (tertiary/aromatic N) is 2. The molecular formula is C17H11F2N3O2S. The van der Waals surface area contributed by atoms with Crippen molar-refractivity contribution in [3.8, 4) is 0 Å². The molecule has 0 unspecified atom stereocenters. The van der Waals surface area contributed by atoms with Crippen LogP contribution in [-0.4, -0.2) is 27.0 Å². The maximum absolute atomic E-state index is 13.4. The van der Waals surface area contributed by atoms with E-state index >= 15 is 0 Å². The Hall–Kier alpha value is -2.74. The molecule has 25 heavy (non-hydrogen) atoms. The Morgan fingerprint density at radius 1 is 1.12 bits per heavy atom. The van der Waals surface area contributed by atoms with Crippen LogP contribution in [0.25, 0.3) is 11.0 Å². The number of carbonyl (C=O) groups is 2. The first kappa shape index (κ1) is 15.8. The van der Waals surface area contributed by atoms with E-state index < -0.39 is 28.7 Å². The lowest BCUT2D eigenvalue weighted by molar-refractivity contribution is -0.121. The number of rotatable bonds is 3. The second-order valence-corrected chi connectivity index (χ2v) is 6.73. The number of aromatic amines is 1. The Morgan fingerprint density at radius 2 is 1.92 bits per heavy atom. The summed E-state index contributed by atoms with van der Waals surface area (Å²) in [7, 11) is 0. The van der Waals surface area contributed by atoms with Crippen molar-refractivity contribution >= 4 is 40.3 Å². The highest BCUT2D eigenvalue weighted by Gasteiger charge is 2.40. The maximum atomic E-state index is 13.4. The fourth-order valence-electron chi connectivity index (χ4n) is 2.71. The van der Waals surface area contributed by atoms with Gasteiger partial charge in [0.2, 0.25) is 11.8 Å². The lowest BCUT2D eigenvalue weighted by Crippen LogP contribution is -2.31. The molecular weight excluding hydrogens is 348 g/mol. The van der Waals surface area contributed by atoms with Crippen LogP contribution in [0.4, 0.5) is 14.5 Å². The van der Waals surface area contributed by atoms with Crippen LogP contribution in [0.15, 0.2) is 47.6 Å². The number of H-pyrrole nitrogens is 1. The molecule has 1 N–H and O–H groups in total. The minimum absolute atomic E-state index is 0.0282. The molecule has 1 saturated heterocycles. The number of hydrogen-bond donors (Lipinski definition) is 1. The van der Waals surface area contributed by atoms with E-state index in [0.717, 1.165) is 39.8 Å². The number of anilines is 1. The third kappa shape index (κ3) is 2.78. The molecule has 2 amide bonds. The topological polar surface area (TPSA) is 66.1 Å². The minimum Gasteiger partial charge on any atom is -0.333 e. The zero-order valence-electron chi connectivity index (χ0n) is 12.7. The Kier molecular flexibility index (Phi) is 3.76. The highest BCUT2D eigenvalue weighted by Crippen LogP contribution is 2.33. The molecule has 0 bridgehead atoms. The first-order valence-corrected chi connectivity index (χ1v) is 8.34. The van der Waals surface area contributed by atoms with Crippen molar-refractivity contribution in [3.05, 3.63) is 54.1 Å². The maximum Gasteiger partial charge on any atom is 0.247 e. The third-order valence-electron chi connectivity index (χ3n) is 3.89. The van der Waals surface area contributed by atoms with Gasteiger partial charge in [-0.25, -0.2) is 18.7 Å². The fourth-order valence-corrected chi connectivity index (χ4v) is 3.73. The summed E-state index contributed by atoms with van der Waals surface area (Å²) in [5.41, 5.74) is 1.63. The van der Waals surface area contributed by atoms with Crippen molar-refractivity contribution in [3.63, 3.8) is 0 Å². The highest BCUT2D eigenvalue weighted by molar-refractivity contribution is 8.00. The number of amides is 2. The molecule has 2 aromatic carbocycles. The molecule has 1 aliphatic rings. The lowest BCUT2D eigenvalue weighted by Gasteiger charge is -2.14.